The van der Waals surface area contributed by atoms with Gasteiger partial charge in [-0.25, -0.2) is 4.98 Å². The van der Waals surface area contributed by atoms with Crippen LogP contribution in [0.25, 0.3) is 0 Å². The van der Waals surface area contributed by atoms with E-state index < -0.39 is 0 Å². The molecule has 1 heterocycles. The van der Waals surface area contributed by atoms with Crippen LogP contribution >= 0.6 is 0 Å². The predicted octanol–water partition coefficient (Wildman–Crippen LogP) is 1.41. The van der Waals surface area contributed by atoms with Crippen LogP contribution in [0, 0.1) is 13.8 Å². The van der Waals surface area contributed by atoms with Gasteiger partial charge in [-0.2, -0.15) is 0 Å². The first-order valence-corrected chi connectivity index (χ1v) is 4.93. The maximum Gasteiger partial charge on any atom is 0.109 e. The van der Waals surface area contributed by atoms with Gasteiger partial charge in [0.1, 0.15) is 5.82 Å². The molecule has 0 bridgehead atoms. The van der Waals surface area contributed by atoms with E-state index in [4.69, 9.17) is 5.73 Å². The maximum atomic E-state index is 5.48. The van der Waals surface area contributed by atoms with Gasteiger partial charge in [0, 0.05) is 18.7 Å². The van der Waals surface area contributed by atoms with Crippen molar-refractivity contribution in [2.24, 2.45) is 5.73 Å². The topological polar surface area (TPSA) is 43.8 Å². The van der Waals surface area contributed by atoms with Gasteiger partial charge in [0.2, 0.25) is 0 Å². The molecule has 0 saturated heterocycles. The highest BCUT2D eigenvalue weighted by Crippen LogP contribution is 2.11. The van der Waals surface area contributed by atoms with E-state index in [2.05, 4.69) is 30.3 Å². The summed E-state index contributed by atoms with van der Waals surface area (Å²) in [5.74, 6) is 1.18. The van der Waals surface area contributed by atoms with Crippen molar-refractivity contribution in [3.8, 4) is 0 Å². The molecule has 0 aliphatic carbocycles. The summed E-state index contributed by atoms with van der Waals surface area (Å²) in [6.07, 6.45) is 2.02. The summed E-state index contributed by atoms with van der Waals surface area (Å²) in [7, 11) is 0. The lowest BCUT2D eigenvalue weighted by atomic mass is 10.3. The van der Waals surface area contributed by atoms with Gasteiger partial charge in [-0.3, -0.25) is 0 Å². The summed E-state index contributed by atoms with van der Waals surface area (Å²) in [5.41, 5.74) is 7.91. The Morgan fingerprint density at radius 1 is 1.38 bits per heavy atom. The van der Waals surface area contributed by atoms with Crippen LogP contribution in [0.3, 0.4) is 0 Å². The van der Waals surface area contributed by atoms with Crippen LogP contribution in [0.4, 0.5) is 0 Å². The average molecular weight is 181 g/mol. The van der Waals surface area contributed by atoms with Crippen LogP contribution in [0.5, 0.6) is 0 Å². The lowest BCUT2D eigenvalue weighted by Crippen LogP contribution is -2.07. The van der Waals surface area contributed by atoms with Crippen LogP contribution in [-0.4, -0.2) is 16.1 Å². The number of aromatic nitrogens is 2. The zero-order chi connectivity index (χ0) is 9.84. The number of imidazole rings is 1. The van der Waals surface area contributed by atoms with Crippen LogP contribution in [0.1, 0.15) is 30.6 Å². The molecule has 0 fully saturated rings. The molecule has 0 aliphatic heterocycles. The normalized spacial score (nSPS) is 10.8. The molecule has 1 aromatic rings. The van der Waals surface area contributed by atoms with Gasteiger partial charge in [-0.05, 0) is 33.7 Å². The zero-order valence-corrected chi connectivity index (χ0v) is 8.80. The second-order valence-corrected chi connectivity index (χ2v) is 3.34. The highest BCUT2D eigenvalue weighted by molar-refractivity contribution is 5.14. The van der Waals surface area contributed by atoms with E-state index in [1.807, 2.05) is 0 Å². The highest BCUT2D eigenvalue weighted by atomic mass is 15.1. The molecule has 0 spiro atoms. The van der Waals surface area contributed by atoms with Crippen LogP contribution in [0.15, 0.2) is 0 Å². The van der Waals surface area contributed by atoms with Crippen molar-refractivity contribution >= 4 is 0 Å². The number of hydrogen-bond acceptors (Lipinski definition) is 2. The Morgan fingerprint density at radius 3 is 2.62 bits per heavy atom. The SMILES string of the molecule is CCn1c(CCCN)nc(C)c1C. The molecule has 3 nitrogen and oxygen atoms in total. The van der Waals surface area contributed by atoms with E-state index in [1.54, 1.807) is 0 Å². The third-order valence-corrected chi connectivity index (χ3v) is 2.46. The Kier molecular flexibility index (Phi) is 3.48. The van der Waals surface area contributed by atoms with Crippen molar-refractivity contribution in [3.63, 3.8) is 0 Å². The summed E-state index contributed by atoms with van der Waals surface area (Å²) in [6.45, 7) is 8.09. The molecule has 74 valence electrons. The van der Waals surface area contributed by atoms with Crippen molar-refractivity contribution in [2.45, 2.75) is 40.2 Å². The van der Waals surface area contributed by atoms with E-state index in [-0.39, 0.29) is 0 Å². The number of hydrogen-bond donors (Lipinski definition) is 1. The van der Waals surface area contributed by atoms with Crippen molar-refractivity contribution in [1.82, 2.24) is 9.55 Å². The third kappa shape index (κ3) is 2.10. The fourth-order valence-electron chi connectivity index (χ4n) is 1.59. The minimum atomic E-state index is 0.745. The summed E-state index contributed by atoms with van der Waals surface area (Å²) in [6, 6.07) is 0. The second-order valence-electron chi connectivity index (χ2n) is 3.34. The number of nitrogens with zero attached hydrogens (tertiary/aromatic N) is 2. The number of aryl methyl sites for hydroxylation is 2. The molecule has 1 aromatic heterocycles. The van der Waals surface area contributed by atoms with Crippen molar-refractivity contribution < 1.29 is 0 Å². The molecule has 13 heavy (non-hydrogen) atoms. The lowest BCUT2D eigenvalue weighted by molar-refractivity contribution is 0.658. The average Bonchev–Trinajstić information content (AvgIpc) is 2.39. The Labute approximate surface area is 80.0 Å². The molecular weight excluding hydrogens is 162 g/mol. The van der Waals surface area contributed by atoms with Gasteiger partial charge < -0.3 is 10.3 Å². The molecule has 3 heteroatoms. The summed E-state index contributed by atoms with van der Waals surface area (Å²) in [5, 5.41) is 0. The Balaban J connectivity index is 2.86. The Morgan fingerprint density at radius 2 is 2.08 bits per heavy atom. The van der Waals surface area contributed by atoms with E-state index in [0.29, 0.717) is 0 Å². The van der Waals surface area contributed by atoms with Gasteiger partial charge in [0.05, 0.1) is 5.69 Å². The van der Waals surface area contributed by atoms with Gasteiger partial charge in [0.15, 0.2) is 0 Å². The van der Waals surface area contributed by atoms with E-state index >= 15 is 0 Å². The molecule has 0 unspecified atom stereocenters. The number of nitrogens with two attached hydrogens (primary N) is 1. The molecule has 0 aliphatic rings. The lowest BCUT2D eigenvalue weighted by Gasteiger charge is -2.05. The van der Waals surface area contributed by atoms with Crippen LogP contribution in [-0.2, 0) is 13.0 Å². The Hall–Kier alpha value is -0.830. The molecule has 1 rings (SSSR count). The van der Waals surface area contributed by atoms with Crippen molar-refractivity contribution in [2.75, 3.05) is 6.54 Å². The standard InChI is InChI=1S/C10H19N3/c1-4-13-9(3)8(2)12-10(13)6-5-7-11/h4-7,11H2,1-3H3. The van der Waals surface area contributed by atoms with Gasteiger partial charge in [-0.1, -0.05) is 0 Å². The number of rotatable bonds is 4. The van der Waals surface area contributed by atoms with Gasteiger partial charge >= 0.3 is 0 Å². The summed E-state index contributed by atoms with van der Waals surface area (Å²) >= 11 is 0. The molecular formula is C10H19N3. The fraction of sp³-hybridized carbons (Fsp3) is 0.700. The first kappa shape index (κ1) is 10.3. The molecule has 0 saturated carbocycles. The Bertz CT molecular complexity index is 276. The minimum absolute atomic E-state index is 0.745. The first-order valence-electron chi connectivity index (χ1n) is 4.93. The zero-order valence-electron chi connectivity index (χ0n) is 8.80. The predicted molar refractivity (Wildman–Crippen MR) is 54.8 cm³/mol. The van der Waals surface area contributed by atoms with Crippen molar-refractivity contribution in [1.29, 1.82) is 0 Å². The summed E-state index contributed by atoms with van der Waals surface area (Å²) < 4.78 is 2.27. The van der Waals surface area contributed by atoms with Gasteiger partial charge in [-0.15, -0.1) is 0 Å². The van der Waals surface area contributed by atoms with Crippen LogP contribution < -0.4 is 5.73 Å². The first-order chi connectivity index (χ1) is 6.20. The fourth-order valence-corrected chi connectivity index (χ4v) is 1.59. The van der Waals surface area contributed by atoms with E-state index in [0.717, 1.165) is 31.6 Å². The van der Waals surface area contributed by atoms with E-state index in [9.17, 15) is 0 Å². The second kappa shape index (κ2) is 4.42. The van der Waals surface area contributed by atoms with E-state index in [1.165, 1.54) is 11.5 Å². The monoisotopic (exact) mass is 181 g/mol. The quantitative estimate of drug-likeness (QED) is 0.763. The molecule has 0 aromatic carbocycles. The molecule has 0 radical (unpaired) electrons. The highest BCUT2D eigenvalue weighted by Gasteiger charge is 2.07. The maximum absolute atomic E-state index is 5.48. The van der Waals surface area contributed by atoms with Crippen LogP contribution in [0.2, 0.25) is 0 Å². The van der Waals surface area contributed by atoms with Gasteiger partial charge in [0.25, 0.3) is 0 Å². The largest absolute Gasteiger partial charge is 0.332 e. The third-order valence-electron chi connectivity index (χ3n) is 2.46. The smallest absolute Gasteiger partial charge is 0.109 e. The molecule has 0 atom stereocenters. The molecule has 2 N–H and O–H groups in total. The minimum Gasteiger partial charge on any atom is -0.332 e. The summed E-state index contributed by atoms with van der Waals surface area (Å²) in [4.78, 5) is 4.53. The van der Waals surface area contributed by atoms with Crippen molar-refractivity contribution in [3.05, 3.63) is 17.2 Å². The molecule has 0 amide bonds.